The molecule has 0 amide bonds. The standard InChI is InChI=1S/C20H19F3N2O3/c1-12(2)11-28-16-4-5-17(20(21,22)23)15(8-16)10-25-18-6-3-13(19(26)27)7-14(18)9-24-25/h3-9,12H,10-11H2,1-2H3,(H,26,27). The minimum Gasteiger partial charge on any atom is -0.493 e. The van der Waals surface area contributed by atoms with Crippen molar-refractivity contribution in [3.63, 3.8) is 0 Å². The van der Waals surface area contributed by atoms with E-state index >= 15 is 0 Å². The van der Waals surface area contributed by atoms with Gasteiger partial charge in [0.15, 0.2) is 0 Å². The molecule has 3 rings (SSSR count). The quantitative estimate of drug-likeness (QED) is 0.652. The van der Waals surface area contributed by atoms with Crippen molar-refractivity contribution in [1.29, 1.82) is 0 Å². The lowest BCUT2D eigenvalue weighted by Gasteiger charge is -2.16. The highest BCUT2D eigenvalue weighted by molar-refractivity contribution is 5.93. The first-order valence-electron chi connectivity index (χ1n) is 8.67. The van der Waals surface area contributed by atoms with Crippen molar-refractivity contribution in [3.8, 4) is 5.75 Å². The van der Waals surface area contributed by atoms with Crippen LogP contribution in [0.1, 0.15) is 35.3 Å². The van der Waals surface area contributed by atoms with Gasteiger partial charge in [0.1, 0.15) is 5.75 Å². The Hall–Kier alpha value is -3.03. The van der Waals surface area contributed by atoms with Crippen molar-refractivity contribution in [2.75, 3.05) is 6.61 Å². The number of benzene rings is 2. The van der Waals surface area contributed by atoms with Gasteiger partial charge in [-0.05, 0) is 47.9 Å². The first kappa shape index (κ1) is 19.7. The number of halogens is 3. The lowest BCUT2D eigenvalue weighted by Crippen LogP contribution is -2.13. The molecule has 1 N–H and O–H groups in total. The summed E-state index contributed by atoms with van der Waals surface area (Å²) in [5.41, 5.74) is -0.0880. The average molecular weight is 392 g/mol. The smallest absolute Gasteiger partial charge is 0.416 e. The highest BCUT2D eigenvalue weighted by atomic mass is 19.4. The van der Waals surface area contributed by atoms with E-state index in [2.05, 4.69) is 5.10 Å². The molecular formula is C20H19F3N2O3. The number of carboxylic acids is 1. The number of carboxylic acid groups (broad SMARTS) is 1. The number of aromatic carboxylic acids is 1. The first-order chi connectivity index (χ1) is 13.1. The summed E-state index contributed by atoms with van der Waals surface area (Å²) in [6, 6.07) is 8.08. The van der Waals surface area contributed by atoms with E-state index in [-0.39, 0.29) is 23.6 Å². The SMILES string of the molecule is CC(C)COc1ccc(C(F)(F)F)c(Cn2ncc3cc(C(=O)O)ccc32)c1. The lowest BCUT2D eigenvalue weighted by molar-refractivity contribution is -0.138. The molecule has 148 valence electrons. The zero-order valence-corrected chi connectivity index (χ0v) is 15.3. The number of ether oxygens (including phenoxy) is 1. The molecule has 5 nitrogen and oxygen atoms in total. The molecule has 0 aliphatic carbocycles. The van der Waals surface area contributed by atoms with E-state index in [1.54, 1.807) is 0 Å². The average Bonchev–Trinajstić information content (AvgIpc) is 3.01. The van der Waals surface area contributed by atoms with Crippen LogP contribution in [0.4, 0.5) is 13.2 Å². The van der Waals surface area contributed by atoms with Crippen LogP contribution in [0.15, 0.2) is 42.6 Å². The van der Waals surface area contributed by atoms with Crippen LogP contribution >= 0.6 is 0 Å². The summed E-state index contributed by atoms with van der Waals surface area (Å²) in [5, 5.41) is 13.7. The molecule has 0 saturated carbocycles. The molecule has 2 aromatic carbocycles. The van der Waals surface area contributed by atoms with Gasteiger partial charge in [-0.15, -0.1) is 0 Å². The monoisotopic (exact) mass is 392 g/mol. The Labute approximate surface area is 159 Å². The van der Waals surface area contributed by atoms with Crippen molar-refractivity contribution in [2.45, 2.75) is 26.6 Å². The van der Waals surface area contributed by atoms with E-state index < -0.39 is 17.7 Å². The summed E-state index contributed by atoms with van der Waals surface area (Å²) < 4.78 is 47.3. The molecule has 0 radical (unpaired) electrons. The Bertz CT molecular complexity index is 1010. The van der Waals surface area contributed by atoms with E-state index in [0.29, 0.717) is 23.3 Å². The highest BCUT2D eigenvalue weighted by Gasteiger charge is 2.33. The van der Waals surface area contributed by atoms with Gasteiger partial charge in [0.25, 0.3) is 0 Å². The molecule has 0 bridgehead atoms. The molecule has 3 aromatic rings. The Morgan fingerprint density at radius 3 is 2.61 bits per heavy atom. The summed E-state index contributed by atoms with van der Waals surface area (Å²) in [6.07, 6.45) is -3.07. The molecule has 0 aliphatic rings. The predicted molar refractivity (Wildman–Crippen MR) is 97.6 cm³/mol. The number of hydrogen-bond donors (Lipinski definition) is 1. The van der Waals surface area contributed by atoms with Gasteiger partial charge < -0.3 is 9.84 Å². The summed E-state index contributed by atoms with van der Waals surface area (Å²) in [4.78, 5) is 11.1. The van der Waals surface area contributed by atoms with Crippen LogP contribution < -0.4 is 4.74 Å². The highest BCUT2D eigenvalue weighted by Crippen LogP contribution is 2.34. The number of carbonyl (C=O) groups is 1. The van der Waals surface area contributed by atoms with E-state index in [1.165, 1.54) is 41.2 Å². The van der Waals surface area contributed by atoms with Crippen molar-refractivity contribution < 1.29 is 27.8 Å². The number of nitrogens with zero attached hydrogens (tertiary/aromatic N) is 2. The molecular weight excluding hydrogens is 373 g/mol. The fraction of sp³-hybridized carbons (Fsp3) is 0.300. The lowest BCUT2D eigenvalue weighted by atomic mass is 10.1. The number of rotatable bonds is 6. The summed E-state index contributed by atoms with van der Waals surface area (Å²) >= 11 is 0. The summed E-state index contributed by atoms with van der Waals surface area (Å²) in [6.45, 7) is 4.18. The zero-order valence-electron chi connectivity index (χ0n) is 15.3. The number of hydrogen-bond acceptors (Lipinski definition) is 3. The summed E-state index contributed by atoms with van der Waals surface area (Å²) in [7, 11) is 0. The molecule has 1 heterocycles. The third-order valence-corrected chi connectivity index (χ3v) is 4.17. The predicted octanol–water partition coefficient (Wildman–Crippen LogP) is 4.84. The number of alkyl halides is 3. The second-order valence-corrected chi connectivity index (χ2v) is 6.90. The van der Waals surface area contributed by atoms with Gasteiger partial charge in [0.05, 0.1) is 36.0 Å². The van der Waals surface area contributed by atoms with E-state index in [9.17, 15) is 18.0 Å². The maximum absolute atomic E-state index is 13.4. The van der Waals surface area contributed by atoms with Gasteiger partial charge >= 0.3 is 12.1 Å². The Morgan fingerprint density at radius 1 is 1.21 bits per heavy atom. The van der Waals surface area contributed by atoms with Crippen molar-refractivity contribution >= 4 is 16.9 Å². The van der Waals surface area contributed by atoms with Crippen LogP contribution in [-0.4, -0.2) is 27.5 Å². The largest absolute Gasteiger partial charge is 0.493 e. The number of fused-ring (bicyclic) bond motifs is 1. The first-order valence-corrected chi connectivity index (χ1v) is 8.67. The third-order valence-electron chi connectivity index (χ3n) is 4.17. The molecule has 0 aliphatic heterocycles. The molecule has 0 saturated heterocycles. The van der Waals surface area contributed by atoms with Crippen LogP contribution in [0.5, 0.6) is 5.75 Å². The maximum atomic E-state index is 13.4. The van der Waals surface area contributed by atoms with Gasteiger partial charge in [-0.2, -0.15) is 18.3 Å². The van der Waals surface area contributed by atoms with E-state index in [1.807, 2.05) is 13.8 Å². The van der Waals surface area contributed by atoms with Crippen LogP contribution in [-0.2, 0) is 12.7 Å². The van der Waals surface area contributed by atoms with Crippen LogP contribution in [0.25, 0.3) is 10.9 Å². The Balaban J connectivity index is 1.98. The molecule has 8 heteroatoms. The fourth-order valence-corrected chi connectivity index (χ4v) is 2.84. The second-order valence-electron chi connectivity index (χ2n) is 6.90. The van der Waals surface area contributed by atoms with Crippen LogP contribution in [0, 0.1) is 5.92 Å². The Morgan fingerprint density at radius 2 is 1.96 bits per heavy atom. The minimum atomic E-state index is -4.51. The summed E-state index contributed by atoms with van der Waals surface area (Å²) in [5.74, 6) is -0.477. The fourth-order valence-electron chi connectivity index (χ4n) is 2.84. The van der Waals surface area contributed by atoms with E-state index in [0.717, 1.165) is 6.07 Å². The van der Waals surface area contributed by atoms with Gasteiger partial charge in [0, 0.05) is 5.39 Å². The molecule has 0 spiro atoms. The number of aromatic nitrogens is 2. The van der Waals surface area contributed by atoms with Crippen molar-refractivity contribution in [1.82, 2.24) is 9.78 Å². The molecule has 0 atom stereocenters. The van der Waals surface area contributed by atoms with Gasteiger partial charge in [0.2, 0.25) is 0 Å². The van der Waals surface area contributed by atoms with Crippen molar-refractivity contribution in [3.05, 3.63) is 59.3 Å². The van der Waals surface area contributed by atoms with Crippen LogP contribution in [0.2, 0.25) is 0 Å². The van der Waals surface area contributed by atoms with Gasteiger partial charge in [-0.3, -0.25) is 4.68 Å². The van der Waals surface area contributed by atoms with Crippen LogP contribution in [0.3, 0.4) is 0 Å². The normalized spacial score (nSPS) is 11.9. The second kappa shape index (κ2) is 7.53. The Kier molecular flexibility index (Phi) is 5.31. The molecule has 28 heavy (non-hydrogen) atoms. The zero-order chi connectivity index (χ0) is 20.5. The van der Waals surface area contributed by atoms with Gasteiger partial charge in [-0.1, -0.05) is 13.8 Å². The molecule has 0 fully saturated rings. The van der Waals surface area contributed by atoms with Gasteiger partial charge in [-0.25, -0.2) is 4.79 Å². The third kappa shape index (κ3) is 4.27. The maximum Gasteiger partial charge on any atom is 0.416 e. The molecule has 0 unspecified atom stereocenters. The van der Waals surface area contributed by atoms with Crippen molar-refractivity contribution in [2.24, 2.45) is 5.92 Å². The topological polar surface area (TPSA) is 64.4 Å². The molecule has 1 aromatic heterocycles. The van der Waals surface area contributed by atoms with E-state index in [4.69, 9.17) is 9.84 Å². The minimum absolute atomic E-state index is 0.0288.